The second-order valence-electron chi connectivity index (χ2n) is 6.35. The second kappa shape index (κ2) is 8.84. The summed E-state index contributed by atoms with van der Waals surface area (Å²) in [5.74, 6) is -0.862. The van der Waals surface area contributed by atoms with Gasteiger partial charge in [-0.2, -0.15) is 10.1 Å². The van der Waals surface area contributed by atoms with Crippen molar-refractivity contribution in [2.24, 2.45) is 5.10 Å². The molecule has 144 valence electrons. The number of nitrogens with one attached hydrogen (secondary N) is 1. The molecule has 1 atom stereocenters. The fraction of sp³-hybridized carbons (Fsp3) is 0.333. The number of nitrogens with two attached hydrogens (primary N) is 2. The van der Waals surface area contributed by atoms with Crippen molar-refractivity contribution >= 4 is 24.0 Å². The van der Waals surface area contributed by atoms with Crippen LogP contribution in [0.5, 0.6) is 0 Å². The first kappa shape index (κ1) is 20.0. The molecule has 1 unspecified atom stereocenters. The molecule has 1 heterocycles. The van der Waals surface area contributed by atoms with Gasteiger partial charge in [0.1, 0.15) is 5.82 Å². The van der Waals surface area contributed by atoms with Gasteiger partial charge in [-0.3, -0.25) is 9.78 Å². The van der Waals surface area contributed by atoms with Crippen molar-refractivity contribution in [2.45, 2.75) is 25.2 Å². The van der Waals surface area contributed by atoms with Crippen molar-refractivity contribution in [3.8, 4) is 0 Å². The summed E-state index contributed by atoms with van der Waals surface area (Å²) in [5, 5.41) is 15.0. The quantitative estimate of drug-likeness (QED) is 0.402. The molecule has 27 heavy (non-hydrogen) atoms. The minimum atomic E-state index is -0.967. The highest BCUT2D eigenvalue weighted by Gasteiger charge is 2.13. The van der Waals surface area contributed by atoms with E-state index in [-0.39, 0.29) is 28.8 Å². The van der Waals surface area contributed by atoms with Crippen molar-refractivity contribution < 1.29 is 9.90 Å². The number of hydrazone groups is 1. The van der Waals surface area contributed by atoms with E-state index in [0.717, 1.165) is 5.56 Å². The smallest absolute Gasteiger partial charge is 0.335 e. The summed E-state index contributed by atoms with van der Waals surface area (Å²) in [6.07, 6.45) is 3.63. The monoisotopic (exact) mass is 372 g/mol. The predicted molar refractivity (Wildman–Crippen MR) is 105 cm³/mol. The SMILES string of the molecule is CN(C)N=CC(CCCc1c(N)nc(N)[nH]c1=O)c1ccc(C(=O)O)cc1. The number of hydrogen-bond acceptors (Lipinski definition) is 7. The third-order valence-corrected chi connectivity index (χ3v) is 4.07. The van der Waals surface area contributed by atoms with E-state index in [1.165, 1.54) is 0 Å². The van der Waals surface area contributed by atoms with Gasteiger partial charge in [0.2, 0.25) is 5.95 Å². The zero-order chi connectivity index (χ0) is 20.0. The molecule has 2 aromatic rings. The fourth-order valence-electron chi connectivity index (χ4n) is 2.69. The zero-order valence-corrected chi connectivity index (χ0v) is 15.3. The summed E-state index contributed by atoms with van der Waals surface area (Å²) >= 11 is 0. The van der Waals surface area contributed by atoms with Crippen LogP contribution >= 0.6 is 0 Å². The lowest BCUT2D eigenvalue weighted by atomic mass is 9.93. The number of carbonyl (C=O) groups is 1. The van der Waals surface area contributed by atoms with E-state index >= 15 is 0 Å². The Labute approximate surface area is 156 Å². The maximum Gasteiger partial charge on any atom is 0.335 e. The fourth-order valence-corrected chi connectivity index (χ4v) is 2.69. The molecule has 9 nitrogen and oxygen atoms in total. The molecule has 1 aromatic carbocycles. The topological polar surface area (TPSA) is 151 Å². The molecule has 0 fully saturated rings. The molecule has 0 aliphatic carbocycles. The Morgan fingerprint density at radius 3 is 2.56 bits per heavy atom. The summed E-state index contributed by atoms with van der Waals surface area (Å²) in [5.41, 5.74) is 12.5. The number of carboxylic acid groups (broad SMARTS) is 1. The van der Waals surface area contributed by atoms with Crippen molar-refractivity contribution in [3.05, 3.63) is 51.3 Å². The van der Waals surface area contributed by atoms with Crippen LogP contribution in [0.3, 0.4) is 0 Å². The van der Waals surface area contributed by atoms with Crippen LogP contribution in [-0.2, 0) is 6.42 Å². The predicted octanol–water partition coefficient (Wildman–Crippen LogP) is 1.29. The second-order valence-corrected chi connectivity index (χ2v) is 6.35. The first-order chi connectivity index (χ1) is 12.8. The highest BCUT2D eigenvalue weighted by Crippen LogP contribution is 2.22. The van der Waals surface area contributed by atoms with Crippen LogP contribution in [0.15, 0.2) is 34.2 Å². The van der Waals surface area contributed by atoms with Gasteiger partial charge in [0, 0.05) is 26.2 Å². The minimum absolute atomic E-state index is 0.00392. The van der Waals surface area contributed by atoms with E-state index in [0.29, 0.717) is 24.8 Å². The normalized spacial score (nSPS) is 12.2. The molecule has 6 N–H and O–H groups in total. The van der Waals surface area contributed by atoms with Gasteiger partial charge < -0.3 is 21.6 Å². The van der Waals surface area contributed by atoms with Gasteiger partial charge >= 0.3 is 5.97 Å². The molecule has 0 radical (unpaired) electrons. The van der Waals surface area contributed by atoms with Gasteiger partial charge in [0.15, 0.2) is 0 Å². The van der Waals surface area contributed by atoms with Crippen molar-refractivity contribution in [1.82, 2.24) is 15.0 Å². The average molecular weight is 372 g/mol. The third-order valence-electron chi connectivity index (χ3n) is 4.07. The molecular weight excluding hydrogens is 348 g/mol. The third kappa shape index (κ3) is 5.56. The standard InChI is InChI=1S/C18H24N6O3/c1-24(2)21-10-13(11-6-8-12(9-7-11)17(26)27)4-3-5-14-15(19)22-18(20)23-16(14)25/h6-10,13H,3-5H2,1-2H3,(H,26,27)(H5,19,20,22,23,25). The Kier molecular flexibility index (Phi) is 6.53. The number of hydrogen-bond donors (Lipinski definition) is 4. The van der Waals surface area contributed by atoms with Crippen molar-refractivity contribution in [1.29, 1.82) is 0 Å². The molecule has 9 heteroatoms. The van der Waals surface area contributed by atoms with E-state index in [4.69, 9.17) is 16.6 Å². The largest absolute Gasteiger partial charge is 0.478 e. The molecule has 0 saturated carbocycles. The van der Waals surface area contributed by atoms with Crippen molar-refractivity contribution in [2.75, 3.05) is 25.6 Å². The van der Waals surface area contributed by atoms with Crippen molar-refractivity contribution in [3.63, 3.8) is 0 Å². The molecular formula is C18H24N6O3. The summed E-state index contributed by atoms with van der Waals surface area (Å²) in [7, 11) is 3.64. The van der Waals surface area contributed by atoms with Gasteiger partial charge in [-0.25, -0.2) is 4.79 Å². The number of aromatic carboxylic acids is 1. The minimum Gasteiger partial charge on any atom is -0.478 e. The molecule has 1 aromatic heterocycles. The molecule has 2 rings (SSSR count). The van der Waals surface area contributed by atoms with Crippen LogP contribution in [0.25, 0.3) is 0 Å². The Balaban J connectivity index is 2.13. The molecule has 0 bridgehead atoms. The Hall–Kier alpha value is -3.36. The zero-order valence-electron chi connectivity index (χ0n) is 15.3. The van der Waals surface area contributed by atoms with Gasteiger partial charge in [0.05, 0.1) is 11.1 Å². The number of aromatic amines is 1. The van der Waals surface area contributed by atoms with E-state index in [2.05, 4.69) is 15.1 Å². The van der Waals surface area contributed by atoms with Crippen LogP contribution in [0.2, 0.25) is 0 Å². The lowest BCUT2D eigenvalue weighted by molar-refractivity contribution is 0.0697. The first-order valence-electron chi connectivity index (χ1n) is 8.46. The number of carboxylic acids is 1. The van der Waals surface area contributed by atoms with Crippen LogP contribution in [0.1, 0.15) is 40.2 Å². The van der Waals surface area contributed by atoms with Gasteiger partial charge in [-0.1, -0.05) is 12.1 Å². The number of anilines is 2. The van der Waals surface area contributed by atoms with Crippen LogP contribution in [0, 0.1) is 0 Å². The number of benzene rings is 1. The maximum absolute atomic E-state index is 12.0. The van der Waals surface area contributed by atoms with E-state index in [1.807, 2.05) is 20.3 Å². The Bertz CT molecular complexity index is 874. The summed E-state index contributed by atoms with van der Waals surface area (Å²) in [4.78, 5) is 29.3. The molecule has 0 saturated heterocycles. The summed E-state index contributed by atoms with van der Waals surface area (Å²) in [6, 6.07) is 6.70. The number of H-pyrrole nitrogens is 1. The van der Waals surface area contributed by atoms with E-state index in [9.17, 15) is 9.59 Å². The van der Waals surface area contributed by atoms with E-state index in [1.54, 1.807) is 29.3 Å². The van der Waals surface area contributed by atoms with Crippen LogP contribution < -0.4 is 17.0 Å². The molecule has 0 aliphatic heterocycles. The number of aromatic nitrogens is 2. The van der Waals surface area contributed by atoms with Gasteiger partial charge in [0.25, 0.3) is 5.56 Å². The first-order valence-corrected chi connectivity index (χ1v) is 8.46. The van der Waals surface area contributed by atoms with Gasteiger partial charge in [-0.15, -0.1) is 0 Å². The van der Waals surface area contributed by atoms with Gasteiger partial charge in [-0.05, 0) is 37.0 Å². The van der Waals surface area contributed by atoms with E-state index < -0.39 is 5.97 Å². The molecule has 0 aliphatic rings. The average Bonchev–Trinajstić information content (AvgIpc) is 2.59. The lowest BCUT2D eigenvalue weighted by Crippen LogP contribution is -2.19. The molecule has 0 amide bonds. The number of rotatable bonds is 8. The Morgan fingerprint density at radius 1 is 1.33 bits per heavy atom. The number of nitrogens with zero attached hydrogens (tertiary/aromatic N) is 3. The number of nitrogen functional groups attached to an aromatic ring is 2. The molecule has 0 spiro atoms. The summed E-state index contributed by atoms with van der Waals surface area (Å²) in [6.45, 7) is 0. The van der Waals surface area contributed by atoms with Crippen LogP contribution in [0.4, 0.5) is 11.8 Å². The lowest BCUT2D eigenvalue weighted by Gasteiger charge is -2.14. The summed E-state index contributed by atoms with van der Waals surface area (Å²) < 4.78 is 0. The highest BCUT2D eigenvalue weighted by molar-refractivity contribution is 5.87. The van der Waals surface area contributed by atoms with Crippen LogP contribution in [-0.4, -0.2) is 46.4 Å². The Morgan fingerprint density at radius 2 is 2.00 bits per heavy atom. The highest BCUT2D eigenvalue weighted by atomic mass is 16.4. The maximum atomic E-state index is 12.0.